The predicted octanol–water partition coefficient (Wildman–Crippen LogP) is 5.64. The summed E-state index contributed by atoms with van der Waals surface area (Å²) in [5, 5.41) is 23.6. The van der Waals surface area contributed by atoms with Crippen molar-refractivity contribution in [2.45, 2.75) is 25.0 Å². The third-order valence-corrected chi connectivity index (χ3v) is 7.20. The topological polar surface area (TPSA) is 94.9 Å². The molecule has 0 spiro atoms. The van der Waals surface area contributed by atoms with E-state index in [1.807, 2.05) is 72.8 Å². The lowest BCUT2D eigenvalue weighted by atomic mass is 9.89. The predicted molar refractivity (Wildman–Crippen MR) is 152 cm³/mol. The highest BCUT2D eigenvalue weighted by Gasteiger charge is 2.24. The zero-order valence-corrected chi connectivity index (χ0v) is 21.7. The highest BCUT2D eigenvalue weighted by atomic mass is 16.5. The Morgan fingerprint density at radius 2 is 1.59 bits per heavy atom. The summed E-state index contributed by atoms with van der Waals surface area (Å²) in [4.78, 5) is 18.1. The van der Waals surface area contributed by atoms with Crippen molar-refractivity contribution in [3.63, 3.8) is 0 Å². The molecule has 0 radical (unpaired) electrons. The number of carboxylic acids is 1. The number of aliphatic hydroxyl groups excluding tert-OH is 1. The molecule has 3 N–H and O–H groups in total. The first-order valence-corrected chi connectivity index (χ1v) is 13.3. The Kier molecular flexibility index (Phi) is 8.39. The average Bonchev–Trinajstić information content (AvgIpc) is 2.98. The number of aromatic nitrogens is 1. The fraction of sp³-hybridized carbons (Fsp3) is 0.250. The molecular formula is C32H33N3O4. The van der Waals surface area contributed by atoms with Gasteiger partial charge in [0.25, 0.3) is 0 Å². The molecule has 7 heteroatoms. The summed E-state index contributed by atoms with van der Waals surface area (Å²) >= 11 is 0. The maximum Gasteiger partial charge on any atom is 0.335 e. The minimum Gasteiger partial charge on any atom is -0.493 e. The van der Waals surface area contributed by atoms with Gasteiger partial charge in [0.15, 0.2) is 0 Å². The van der Waals surface area contributed by atoms with Gasteiger partial charge >= 0.3 is 5.97 Å². The number of carbonyl (C=O) groups is 1. The molecule has 1 fully saturated rings. The fourth-order valence-corrected chi connectivity index (χ4v) is 5.05. The maximum absolute atomic E-state index is 11.2. The zero-order chi connectivity index (χ0) is 27.0. The quantitative estimate of drug-likeness (QED) is 0.232. The van der Waals surface area contributed by atoms with Gasteiger partial charge in [0.05, 0.1) is 30.0 Å². The van der Waals surface area contributed by atoms with Gasteiger partial charge in [-0.15, -0.1) is 0 Å². The molecular weight excluding hydrogens is 490 g/mol. The van der Waals surface area contributed by atoms with Crippen molar-refractivity contribution in [2.75, 3.05) is 29.9 Å². The molecule has 200 valence electrons. The summed E-state index contributed by atoms with van der Waals surface area (Å²) in [6.45, 7) is 2.31. The SMILES string of the molecule is O=C(O)c1cccc(OCC2CCN(c3ccc(NC(O)C(c4ccccc4)c4ccccc4)cn3)CC2)c1. The number of ether oxygens (including phenoxy) is 1. The van der Waals surface area contributed by atoms with Gasteiger partial charge in [-0.3, -0.25) is 0 Å². The number of aliphatic hydroxyl groups is 1. The average molecular weight is 524 g/mol. The number of anilines is 2. The number of pyridine rings is 1. The lowest BCUT2D eigenvalue weighted by molar-refractivity contribution is 0.0696. The number of piperidine rings is 1. The van der Waals surface area contributed by atoms with Crippen LogP contribution in [0.2, 0.25) is 0 Å². The third-order valence-electron chi connectivity index (χ3n) is 7.20. The number of hydrogen-bond acceptors (Lipinski definition) is 6. The molecule has 0 saturated carbocycles. The minimum atomic E-state index is -0.954. The van der Waals surface area contributed by atoms with Gasteiger partial charge in [0, 0.05) is 13.1 Å². The number of rotatable bonds is 10. The molecule has 0 amide bonds. The Balaban J connectivity index is 1.15. The second-order valence-electron chi connectivity index (χ2n) is 9.87. The third kappa shape index (κ3) is 6.75. The summed E-state index contributed by atoms with van der Waals surface area (Å²) in [6.07, 6.45) is 2.88. The summed E-state index contributed by atoms with van der Waals surface area (Å²) < 4.78 is 5.88. The highest BCUT2D eigenvalue weighted by Crippen LogP contribution is 2.30. The Bertz CT molecular complexity index is 1300. The Morgan fingerprint density at radius 3 is 2.18 bits per heavy atom. The van der Waals surface area contributed by atoms with Crippen molar-refractivity contribution in [3.05, 3.63) is 120 Å². The molecule has 1 unspecified atom stereocenters. The van der Waals surface area contributed by atoms with E-state index in [0.29, 0.717) is 18.3 Å². The molecule has 1 aliphatic rings. The van der Waals surface area contributed by atoms with Gasteiger partial charge in [0.2, 0.25) is 0 Å². The van der Waals surface area contributed by atoms with E-state index in [0.717, 1.165) is 48.6 Å². The molecule has 1 atom stereocenters. The molecule has 0 bridgehead atoms. The molecule has 0 aliphatic carbocycles. The number of carboxylic acid groups (broad SMARTS) is 1. The van der Waals surface area contributed by atoms with E-state index in [4.69, 9.17) is 9.84 Å². The van der Waals surface area contributed by atoms with E-state index in [-0.39, 0.29) is 11.5 Å². The van der Waals surface area contributed by atoms with Crippen LogP contribution in [-0.4, -0.2) is 47.1 Å². The second-order valence-corrected chi connectivity index (χ2v) is 9.87. The Hall–Kier alpha value is -4.36. The molecule has 7 nitrogen and oxygen atoms in total. The first-order chi connectivity index (χ1) is 19.1. The monoisotopic (exact) mass is 523 g/mol. The Morgan fingerprint density at radius 1 is 0.923 bits per heavy atom. The van der Waals surface area contributed by atoms with E-state index >= 15 is 0 Å². The summed E-state index contributed by atoms with van der Waals surface area (Å²) in [5.41, 5.74) is 3.06. The van der Waals surface area contributed by atoms with Crippen molar-refractivity contribution in [1.29, 1.82) is 0 Å². The van der Waals surface area contributed by atoms with E-state index in [2.05, 4.69) is 15.2 Å². The van der Waals surface area contributed by atoms with Gasteiger partial charge in [-0.25, -0.2) is 9.78 Å². The minimum absolute atomic E-state index is 0.222. The van der Waals surface area contributed by atoms with Gasteiger partial charge in [-0.2, -0.15) is 0 Å². The van der Waals surface area contributed by atoms with Crippen molar-refractivity contribution < 1.29 is 19.7 Å². The lowest BCUT2D eigenvalue weighted by Crippen LogP contribution is -2.36. The summed E-state index contributed by atoms with van der Waals surface area (Å²) in [7, 11) is 0. The second kappa shape index (κ2) is 12.5. The van der Waals surface area contributed by atoms with Gasteiger partial charge in [0.1, 0.15) is 17.8 Å². The van der Waals surface area contributed by atoms with Gasteiger partial charge in [-0.1, -0.05) is 66.7 Å². The van der Waals surface area contributed by atoms with Crippen LogP contribution in [0, 0.1) is 5.92 Å². The van der Waals surface area contributed by atoms with Crippen LogP contribution >= 0.6 is 0 Å². The first-order valence-electron chi connectivity index (χ1n) is 13.3. The van der Waals surface area contributed by atoms with Crippen LogP contribution in [0.4, 0.5) is 11.5 Å². The van der Waals surface area contributed by atoms with Crippen LogP contribution in [0.5, 0.6) is 5.75 Å². The van der Waals surface area contributed by atoms with Gasteiger partial charge < -0.3 is 25.2 Å². The van der Waals surface area contributed by atoms with E-state index in [9.17, 15) is 9.90 Å². The normalized spacial score (nSPS) is 14.7. The van der Waals surface area contributed by atoms with Gasteiger partial charge in [-0.05, 0) is 60.2 Å². The van der Waals surface area contributed by atoms with Crippen LogP contribution in [0.25, 0.3) is 0 Å². The van der Waals surface area contributed by atoms with Crippen molar-refractivity contribution in [2.24, 2.45) is 5.92 Å². The highest BCUT2D eigenvalue weighted by molar-refractivity contribution is 5.88. The molecule has 1 aromatic heterocycles. The molecule has 39 heavy (non-hydrogen) atoms. The number of nitrogens with one attached hydrogen (secondary N) is 1. The number of benzene rings is 3. The molecule has 3 aromatic carbocycles. The van der Waals surface area contributed by atoms with Crippen molar-refractivity contribution in [1.82, 2.24) is 4.98 Å². The summed E-state index contributed by atoms with van der Waals surface area (Å²) in [5.74, 6) is 0.722. The largest absolute Gasteiger partial charge is 0.493 e. The number of aromatic carboxylic acids is 1. The van der Waals surface area contributed by atoms with Crippen LogP contribution in [0.15, 0.2) is 103 Å². The van der Waals surface area contributed by atoms with Crippen molar-refractivity contribution in [3.8, 4) is 5.75 Å². The maximum atomic E-state index is 11.2. The smallest absolute Gasteiger partial charge is 0.335 e. The number of nitrogens with zero attached hydrogens (tertiary/aromatic N) is 2. The number of hydrogen-bond donors (Lipinski definition) is 3. The summed E-state index contributed by atoms with van der Waals surface area (Å²) in [6, 6.07) is 30.6. The van der Waals surface area contributed by atoms with E-state index < -0.39 is 12.2 Å². The zero-order valence-electron chi connectivity index (χ0n) is 21.7. The van der Waals surface area contributed by atoms with Crippen LogP contribution < -0.4 is 15.0 Å². The molecule has 5 rings (SSSR count). The van der Waals surface area contributed by atoms with Crippen LogP contribution in [0.3, 0.4) is 0 Å². The van der Waals surface area contributed by atoms with E-state index in [1.165, 1.54) is 0 Å². The van der Waals surface area contributed by atoms with Crippen LogP contribution in [-0.2, 0) is 0 Å². The van der Waals surface area contributed by atoms with Crippen molar-refractivity contribution >= 4 is 17.5 Å². The molecule has 4 aromatic rings. The lowest BCUT2D eigenvalue weighted by Gasteiger charge is -2.33. The van der Waals surface area contributed by atoms with Crippen LogP contribution in [0.1, 0.15) is 40.2 Å². The Labute approximate surface area is 228 Å². The standard InChI is InChI=1S/C32H33N3O4/c36-31(30(24-8-3-1-4-9-24)25-10-5-2-6-11-25)34-27-14-15-29(33-21-27)35-18-16-23(17-19-35)22-39-28-13-7-12-26(20-28)32(37)38/h1-15,20-21,23,30-31,34,36H,16-19,22H2,(H,37,38). The molecule has 1 saturated heterocycles. The first kappa shape index (κ1) is 26.3. The van der Waals surface area contributed by atoms with E-state index in [1.54, 1.807) is 30.5 Å². The fourth-order valence-electron chi connectivity index (χ4n) is 5.05. The molecule has 2 heterocycles. The molecule has 1 aliphatic heterocycles.